The third-order valence-corrected chi connectivity index (χ3v) is 3.81. The Balaban J connectivity index is 1.78. The van der Waals surface area contributed by atoms with Gasteiger partial charge >= 0.3 is 5.97 Å². The van der Waals surface area contributed by atoms with Gasteiger partial charge in [-0.15, -0.1) is 0 Å². The standard InChI is InChI=1S/C20H22N2O4S/c1-3-14-5-11-17(12-6-14)26-13-18(23)22-20(27)21-16-9-7-15(8-10-16)19(24)25-4-2/h5-12H,3-4,13H2,1-2H3,(H2,21,22,23,27). The van der Waals surface area contributed by atoms with Crippen molar-refractivity contribution in [3.05, 3.63) is 59.7 Å². The zero-order valence-corrected chi connectivity index (χ0v) is 16.1. The zero-order chi connectivity index (χ0) is 19.6. The smallest absolute Gasteiger partial charge is 0.338 e. The highest BCUT2D eigenvalue weighted by atomic mass is 32.1. The van der Waals surface area contributed by atoms with Crippen LogP contribution in [0.4, 0.5) is 5.69 Å². The molecule has 0 aliphatic heterocycles. The molecule has 0 unspecified atom stereocenters. The van der Waals surface area contributed by atoms with Gasteiger partial charge in [0, 0.05) is 5.69 Å². The minimum Gasteiger partial charge on any atom is -0.484 e. The first-order valence-corrected chi connectivity index (χ1v) is 9.02. The van der Waals surface area contributed by atoms with E-state index in [9.17, 15) is 9.59 Å². The van der Waals surface area contributed by atoms with Crippen molar-refractivity contribution < 1.29 is 19.1 Å². The number of carbonyl (C=O) groups excluding carboxylic acids is 2. The van der Waals surface area contributed by atoms with Gasteiger partial charge in [-0.3, -0.25) is 10.1 Å². The van der Waals surface area contributed by atoms with Crippen LogP contribution in [-0.2, 0) is 16.0 Å². The van der Waals surface area contributed by atoms with Crippen LogP contribution >= 0.6 is 12.2 Å². The molecule has 0 atom stereocenters. The third kappa shape index (κ3) is 6.71. The molecule has 0 radical (unpaired) electrons. The molecule has 0 saturated heterocycles. The maximum Gasteiger partial charge on any atom is 0.338 e. The minimum absolute atomic E-state index is 0.144. The van der Waals surface area contributed by atoms with Crippen molar-refractivity contribution in [2.45, 2.75) is 20.3 Å². The van der Waals surface area contributed by atoms with E-state index in [-0.39, 0.29) is 23.6 Å². The van der Waals surface area contributed by atoms with E-state index in [2.05, 4.69) is 17.6 Å². The van der Waals surface area contributed by atoms with Crippen LogP contribution < -0.4 is 15.4 Å². The summed E-state index contributed by atoms with van der Waals surface area (Å²) in [5.74, 6) is -0.130. The van der Waals surface area contributed by atoms with Gasteiger partial charge < -0.3 is 14.8 Å². The molecule has 0 fully saturated rings. The lowest BCUT2D eigenvalue weighted by Crippen LogP contribution is -2.37. The number of anilines is 1. The Hall–Kier alpha value is -2.93. The summed E-state index contributed by atoms with van der Waals surface area (Å²) in [5, 5.41) is 5.57. The van der Waals surface area contributed by atoms with Crippen LogP contribution in [0.2, 0.25) is 0 Å². The van der Waals surface area contributed by atoms with Crippen molar-refractivity contribution >= 4 is 34.9 Å². The summed E-state index contributed by atoms with van der Waals surface area (Å²) in [6.07, 6.45) is 0.946. The van der Waals surface area contributed by atoms with Gasteiger partial charge in [0.1, 0.15) is 5.75 Å². The van der Waals surface area contributed by atoms with Gasteiger partial charge in [0.05, 0.1) is 12.2 Å². The molecule has 2 rings (SSSR count). The number of nitrogens with one attached hydrogen (secondary N) is 2. The first-order valence-electron chi connectivity index (χ1n) is 8.61. The second kappa shape index (κ2) is 10.3. The number of thiocarbonyl (C=S) groups is 1. The average Bonchev–Trinajstić information content (AvgIpc) is 2.67. The van der Waals surface area contributed by atoms with Crippen molar-refractivity contribution in [2.75, 3.05) is 18.5 Å². The van der Waals surface area contributed by atoms with Crippen LogP contribution in [0.15, 0.2) is 48.5 Å². The molecule has 6 nitrogen and oxygen atoms in total. The van der Waals surface area contributed by atoms with Gasteiger partial charge in [0.15, 0.2) is 11.7 Å². The van der Waals surface area contributed by atoms with E-state index in [0.717, 1.165) is 6.42 Å². The molecule has 0 aliphatic carbocycles. The molecule has 27 heavy (non-hydrogen) atoms. The molecule has 0 aliphatic rings. The second-order valence-corrected chi connectivity index (χ2v) is 5.99. The van der Waals surface area contributed by atoms with Crippen molar-refractivity contribution in [3.63, 3.8) is 0 Å². The second-order valence-electron chi connectivity index (χ2n) is 5.59. The summed E-state index contributed by atoms with van der Waals surface area (Å²) in [6, 6.07) is 14.2. The lowest BCUT2D eigenvalue weighted by Gasteiger charge is -2.11. The number of ether oxygens (including phenoxy) is 2. The van der Waals surface area contributed by atoms with Gasteiger partial charge in [0.25, 0.3) is 5.91 Å². The van der Waals surface area contributed by atoms with Crippen LogP contribution in [0, 0.1) is 0 Å². The highest BCUT2D eigenvalue weighted by molar-refractivity contribution is 7.80. The summed E-state index contributed by atoms with van der Waals surface area (Å²) < 4.78 is 10.4. The van der Waals surface area contributed by atoms with Crippen molar-refractivity contribution in [1.82, 2.24) is 5.32 Å². The van der Waals surface area contributed by atoms with Gasteiger partial charge in [-0.25, -0.2) is 4.79 Å². The highest BCUT2D eigenvalue weighted by Gasteiger charge is 2.08. The molecule has 0 spiro atoms. The Morgan fingerprint density at radius 2 is 1.67 bits per heavy atom. The molecular weight excluding hydrogens is 364 g/mol. The Kier molecular flexibility index (Phi) is 7.76. The van der Waals surface area contributed by atoms with Crippen LogP contribution in [0.5, 0.6) is 5.75 Å². The highest BCUT2D eigenvalue weighted by Crippen LogP contribution is 2.12. The Morgan fingerprint density at radius 3 is 2.26 bits per heavy atom. The summed E-state index contributed by atoms with van der Waals surface area (Å²) in [4.78, 5) is 23.5. The third-order valence-electron chi connectivity index (χ3n) is 3.61. The maximum absolute atomic E-state index is 11.9. The molecule has 142 valence electrons. The van der Waals surface area contributed by atoms with Gasteiger partial charge in [-0.1, -0.05) is 19.1 Å². The zero-order valence-electron chi connectivity index (χ0n) is 15.3. The van der Waals surface area contributed by atoms with E-state index >= 15 is 0 Å². The van der Waals surface area contributed by atoms with Crippen LogP contribution in [0.3, 0.4) is 0 Å². The first kappa shape index (κ1) is 20.4. The van der Waals surface area contributed by atoms with E-state index < -0.39 is 0 Å². The molecular formula is C20H22N2O4S. The SMILES string of the molecule is CCOC(=O)c1ccc(NC(=S)NC(=O)COc2ccc(CC)cc2)cc1. The number of hydrogen-bond donors (Lipinski definition) is 2. The number of amides is 1. The molecule has 7 heteroatoms. The number of benzene rings is 2. The van der Waals surface area contributed by atoms with Crippen molar-refractivity contribution in [3.8, 4) is 5.75 Å². The lowest BCUT2D eigenvalue weighted by molar-refractivity contribution is -0.121. The molecule has 2 aromatic carbocycles. The number of rotatable bonds is 7. The van der Waals surface area contributed by atoms with Gasteiger partial charge in [-0.2, -0.15) is 0 Å². The monoisotopic (exact) mass is 386 g/mol. The van der Waals surface area contributed by atoms with Crippen molar-refractivity contribution in [2.24, 2.45) is 0 Å². The van der Waals surface area contributed by atoms with E-state index in [1.165, 1.54) is 5.56 Å². The molecule has 2 N–H and O–H groups in total. The molecule has 2 aromatic rings. The molecule has 0 bridgehead atoms. The number of hydrogen-bond acceptors (Lipinski definition) is 5. The van der Waals surface area contributed by atoms with Gasteiger partial charge in [0.2, 0.25) is 0 Å². The predicted molar refractivity (Wildman–Crippen MR) is 108 cm³/mol. The van der Waals surface area contributed by atoms with Gasteiger partial charge in [-0.05, 0) is 67.5 Å². The topological polar surface area (TPSA) is 76.7 Å². The Labute approximate surface area is 163 Å². The molecule has 0 heterocycles. The lowest BCUT2D eigenvalue weighted by atomic mass is 10.2. The first-order chi connectivity index (χ1) is 13.0. The normalized spacial score (nSPS) is 10.0. The van der Waals surface area contributed by atoms with E-state index in [1.807, 2.05) is 24.3 Å². The molecule has 0 saturated carbocycles. The number of aryl methyl sites for hydroxylation is 1. The maximum atomic E-state index is 11.9. The average molecular weight is 386 g/mol. The number of carbonyl (C=O) groups is 2. The molecule has 1 amide bonds. The predicted octanol–water partition coefficient (Wildman–Crippen LogP) is 3.32. The molecule has 0 aromatic heterocycles. The number of esters is 1. The van der Waals surface area contributed by atoms with Crippen molar-refractivity contribution in [1.29, 1.82) is 0 Å². The summed E-state index contributed by atoms with van der Waals surface area (Å²) in [7, 11) is 0. The quantitative estimate of drug-likeness (QED) is 0.562. The largest absolute Gasteiger partial charge is 0.484 e. The summed E-state index contributed by atoms with van der Waals surface area (Å²) >= 11 is 5.11. The summed E-state index contributed by atoms with van der Waals surface area (Å²) in [6.45, 7) is 4.00. The minimum atomic E-state index is -0.385. The van der Waals surface area contributed by atoms with Crippen LogP contribution in [0.25, 0.3) is 0 Å². The fourth-order valence-electron chi connectivity index (χ4n) is 2.20. The summed E-state index contributed by atoms with van der Waals surface area (Å²) in [5.41, 5.74) is 2.29. The Bertz CT molecular complexity index is 789. The Morgan fingerprint density at radius 1 is 1.00 bits per heavy atom. The van der Waals surface area contributed by atoms with Crippen LogP contribution in [0.1, 0.15) is 29.8 Å². The van der Waals surface area contributed by atoms with E-state index in [0.29, 0.717) is 23.6 Å². The fourth-order valence-corrected chi connectivity index (χ4v) is 2.43. The van der Waals surface area contributed by atoms with E-state index in [4.69, 9.17) is 21.7 Å². The van der Waals surface area contributed by atoms with Crippen LogP contribution in [-0.4, -0.2) is 30.2 Å². The van der Waals surface area contributed by atoms with E-state index in [1.54, 1.807) is 31.2 Å². The fraction of sp³-hybridized carbons (Fsp3) is 0.250.